The van der Waals surface area contributed by atoms with Crippen molar-refractivity contribution in [1.82, 2.24) is 0 Å². The van der Waals surface area contributed by atoms with Crippen LogP contribution in [0.4, 0.5) is 16.2 Å². The van der Waals surface area contributed by atoms with E-state index in [9.17, 15) is 25.0 Å². The average Bonchev–Trinajstić information content (AvgIpc) is 2.85. The number of non-ortho nitro benzene ring substituents is 2. The van der Waals surface area contributed by atoms with Crippen LogP contribution in [0, 0.1) is 20.2 Å². The topological polar surface area (TPSA) is 140 Å². The minimum absolute atomic E-state index is 0.0207. The van der Waals surface area contributed by atoms with Crippen LogP contribution in [-0.2, 0) is 9.47 Å². The van der Waals surface area contributed by atoms with E-state index >= 15 is 0 Å². The molecule has 0 spiro atoms. The maximum atomic E-state index is 12.6. The largest absolute Gasteiger partial charge is 0.519 e. The van der Waals surface area contributed by atoms with Gasteiger partial charge < -0.3 is 18.9 Å². The molecule has 11 nitrogen and oxygen atoms in total. The number of nitrogens with zero attached hydrogens (tertiary/aromatic N) is 2. The number of benzene rings is 2. The van der Waals surface area contributed by atoms with Crippen LogP contribution in [0.5, 0.6) is 11.5 Å². The molecule has 34 heavy (non-hydrogen) atoms. The molecule has 0 saturated heterocycles. The summed E-state index contributed by atoms with van der Waals surface area (Å²) in [6.07, 6.45) is 8.37. The molecule has 2 aromatic carbocycles. The van der Waals surface area contributed by atoms with Gasteiger partial charge in [-0.25, -0.2) is 4.79 Å². The van der Waals surface area contributed by atoms with Crippen molar-refractivity contribution in [2.75, 3.05) is 13.2 Å². The Hall–Kier alpha value is -4.93. The first-order valence-corrected chi connectivity index (χ1v) is 9.84. The Morgan fingerprint density at radius 3 is 1.56 bits per heavy atom. The number of rotatable bonds is 6. The van der Waals surface area contributed by atoms with Gasteiger partial charge in [0.2, 0.25) is 0 Å². The molecule has 0 amide bonds. The minimum atomic E-state index is -1.13. The fraction of sp³-hybridized carbons (Fsp3) is 0.0870. The van der Waals surface area contributed by atoms with Gasteiger partial charge in [-0.15, -0.1) is 0 Å². The highest BCUT2D eigenvalue weighted by Crippen LogP contribution is 2.34. The predicted molar refractivity (Wildman–Crippen MR) is 119 cm³/mol. The lowest BCUT2D eigenvalue weighted by atomic mass is 10.0. The highest BCUT2D eigenvalue weighted by molar-refractivity contribution is 5.80. The summed E-state index contributed by atoms with van der Waals surface area (Å²) in [6, 6.07) is 7.50. The molecular weight excluding hydrogens is 448 g/mol. The third kappa shape index (κ3) is 4.93. The maximum absolute atomic E-state index is 12.6. The van der Waals surface area contributed by atoms with Crippen LogP contribution < -0.4 is 9.47 Å². The van der Waals surface area contributed by atoms with Crippen LogP contribution in [0.1, 0.15) is 11.1 Å². The van der Waals surface area contributed by atoms with Crippen LogP contribution in [0.2, 0.25) is 0 Å². The monoisotopic (exact) mass is 464 g/mol. The highest BCUT2D eigenvalue weighted by Gasteiger charge is 2.22. The second kappa shape index (κ2) is 9.69. The fourth-order valence-corrected chi connectivity index (χ4v) is 3.27. The number of carbonyl (C=O) groups is 1. The van der Waals surface area contributed by atoms with Crippen molar-refractivity contribution >= 4 is 28.7 Å². The number of hydrogen-bond acceptors (Lipinski definition) is 9. The summed E-state index contributed by atoms with van der Waals surface area (Å²) >= 11 is 0. The third-order valence-electron chi connectivity index (χ3n) is 4.85. The van der Waals surface area contributed by atoms with Crippen molar-refractivity contribution in [3.05, 3.63) is 105 Å². The van der Waals surface area contributed by atoms with Crippen molar-refractivity contribution in [3.8, 4) is 11.5 Å². The second-order valence-corrected chi connectivity index (χ2v) is 6.99. The van der Waals surface area contributed by atoms with Gasteiger partial charge in [0.15, 0.2) is 0 Å². The van der Waals surface area contributed by atoms with Gasteiger partial charge in [0.05, 0.1) is 22.4 Å². The number of ether oxygens (including phenoxy) is 4. The van der Waals surface area contributed by atoms with Gasteiger partial charge in [0, 0.05) is 46.5 Å². The summed E-state index contributed by atoms with van der Waals surface area (Å²) in [5.74, 6) is 0.0414. The zero-order valence-corrected chi connectivity index (χ0v) is 17.4. The van der Waals surface area contributed by atoms with Crippen molar-refractivity contribution in [2.45, 2.75) is 0 Å². The van der Waals surface area contributed by atoms with E-state index in [0.717, 1.165) is 0 Å². The number of allylic oxidation sites excluding steroid dienone is 4. The van der Waals surface area contributed by atoms with Gasteiger partial charge in [0.25, 0.3) is 11.4 Å². The van der Waals surface area contributed by atoms with E-state index < -0.39 is 16.0 Å². The molecule has 172 valence electrons. The first kappa shape index (κ1) is 22.3. The zero-order chi connectivity index (χ0) is 24.1. The SMILES string of the molecule is O=C(Oc1ccc([N+](=O)[O-])cc1C1=CC=COC1)Oc1ccc([N+](=O)[O-])cc1C1=CC=COC1. The molecule has 2 aliphatic rings. The van der Waals surface area contributed by atoms with Crippen molar-refractivity contribution in [2.24, 2.45) is 0 Å². The molecule has 0 radical (unpaired) electrons. The molecule has 0 atom stereocenters. The van der Waals surface area contributed by atoms with E-state index in [1.54, 1.807) is 24.3 Å². The Balaban J connectivity index is 1.63. The van der Waals surface area contributed by atoms with Gasteiger partial charge in [-0.1, -0.05) is 12.2 Å². The normalized spacial score (nSPS) is 14.2. The lowest BCUT2D eigenvalue weighted by Gasteiger charge is -2.16. The number of hydrogen-bond donors (Lipinski definition) is 0. The lowest BCUT2D eigenvalue weighted by molar-refractivity contribution is -0.385. The summed E-state index contributed by atoms with van der Waals surface area (Å²) in [5, 5.41) is 22.4. The molecule has 4 rings (SSSR count). The van der Waals surface area contributed by atoms with Gasteiger partial charge >= 0.3 is 6.16 Å². The van der Waals surface area contributed by atoms with Crippen molar-refractivity contribution in [1.29, 1.82) is 0 Å². The van der Waals surface area contributed by atoms with E-state index in [1.165, 1.54) is 48.9 Å². The van der Waals surface area contributed by atoms with Crippen LogP contribution in [0.3, 0.4) is 0 Å². The maximum Gasteiger partial charge on any atom is 0.519 e. The summed E-state index contributed by atoms with van der Waals surface area (Å²) < 4.78 is 21.2. The van der Waals surface area contributed by atoms with Crippen LogP contribution in [-0.4, -0.2) is 29.2 Å². The molecule has 0 unspecified atom stereocenters. The molecule has 0 N–H and O–H groups in total. The fourth-order valence-electron chi connectivity index (χ4n) is 3.27. The Labute approximate surface area is 192 Å². The minimum Gasteiger partial charge on any atom is -0.496 e. The first-order chi connectivity index (χ1) is 16.4. The summed E-state index contributed by atoms with van der Waals surface area (Å²) in [7, 11) is 0. The van der Waals surface area contributed by atoms with Crippen LogP contribution in [0.25, 0.3) is 11.1 Å². The van der Waals surface area contributed by atoms with E-state index in [-0.39, 0.29) is 47.2 Å². The molecule has 11 heteroatoms. The molecule has 0 fully saturated rings. The zero-order valence-electron chi connectivity index (χ0n) is 17.4. The van der Waals surface area contributed by atoms with Gasteiger partial charge in [-0.05, 0) is 24.3 Å². The summed E-state index contributed by atoms with van der Waals surface area (Å²) in [5.41, 5.74) is 1.30. The van der Waals surface area contributed by atoms with Crippen molar-refractivity contribution in [3.63, 3.8) is 0 Å². The molecule has 2 aromatic rings. The second-order valence-electron chi connectivity index (χ2n) is 6.99. The molecule has 2 aliphatic heterocycles. The standard InChI is InChI=1S/C23H16N2O9/c26-23(33-21-7-5-17(24(27)28)11-19(21)15-3-1-9-31-13-15)34-22-8-6-18(25(29)30)12-20(22)16-4-2-10-32-14-16/h1-12H,13-14H2. The quantitative estimate of drug-likeness (QED) is 0.252. The lowest BCUT2D eigenvalue weighted by Crippen LogP contribution is -2.16. The van der Waals surface area contributed by atoms with Gasteiger partial charge in [0.1, 0.15) is 24.7 Å². The van der Waals surface area contributed by atoms with E-state index in [0.29, 0.717) is 11.1 Å². The van der Waals surface area contributed by atoms with Gasteiger partial charge in [-0.2, -0.15) is 0 Å². The Morgan fingerprint density at radius 2 is 1.21 bits per heavy atom. The van der Waals surface area contributed by atoms with Gasteiger partial charge in [-0.3, -0.25) is 20.2 Å². The highest BCUT2D eigenvalue weighted by atomic mass is 16.7. The number of nitro benzene ring substituents is 2. The smallest absolute Gasteiger partial charge is 0.496 e. The Kier molecular flexibility index (Phi) is 6.35. The third-order valence-corrected chi connectivity index (χ3v) is 4.85. The first-order valence-electron chi connectivity index (χ1n) is 9.84. The number of nitro groups is 2. The molecule has 0 aromatic heterocycles. The molecule has 2 heterocycles. The molecular formula is C23H16N2O9. The van der Waals surface area contributed by atoms with Crippen LogP contribution in [0.15, 0.2) is 73.2 Å². The predicted octanol–water partition coefficient (Wildman–Crippen LogP) is 4.94. The molecule has 0 aliphatic carbocycles. The Morgan fingerprint density at radius 1 is 0.765 bits per heavy atom. The van der Waals surface area contributed by atoms with E-state index in [4.69, 9.17) is 18.9 Å². The Bertz CT molecular complexity index is 1190. The van der Waals surface area contributed by atoms with Crippen LogP contribution >= 0.6 is 0 Å². The van der Waals surface area contributed by atoms with E-state index in [1.807, 2.05) is 0 Å². The average molecular weight is 464 g/mol. The summed E-state index contributed by atoms with van der Waals surface area (Å²) in [4.78, 5) is 33.9. The van der Waals surface area contributed by atoms with Crippen molar-refractivity contribution < 1.29 is 33.6 Å². The number of carbonyl (C=O) groups excluding carboxylic acids is 1. The summed E-state index contributed by atoms with van der Waals surface area (Å²) in [6.45, 7) is 0.245. The molecule has 0 bridgehead atoms. The van der Waals surface area contributed by atoms with E-state index in [2.05, 4.69) is 0 Å². The molecule has 0 saturated carbocycles.